The first-order valence-electron chi connectivity index (χ1n) is 8.99. The molecule has 1 saturated carbocycles. The van der Waals surface area contributed by atoms with Crippen LogP contribution in [0, 0.1) is 11.3 Å². The number of fused-ring (bicyclic) bond motifs is 2. The molecule has 1 spiro atoms. The van der Waals surface area contributed by atoms with Gasteiger partial charge in [0.1, 0.15) is 18.6 Å². The molecular formula is C18H22N2O5. The standard InChI is InChI=1S/C18H22N2O5/c21-8-14-3-11(9-25-14)16(22)19-6-13-4-12(19)7-20(13)17(23)15-5-18(15)1-2-24-10-18/h3,9,12-13,15,21H,1-2,4-8,10H2/t12-,13-,15?,18?/m0/s1. The van der Waals surface area contributed by atoms with Gasteiger partial charge >= 0.3 is 0 Å². The molecule has 7 heteroatoms. The molecule has 25 heavy (non-hydrogen) atoms. The van der Waals surface area contributed by atoms with Gasteiger partial charge in [-0.15, -0.1) is 0 Å². The van der Waals surface area contributed by atoms with E-state index in [0.29, 0.717) is 24.4 Å². The van der Waals surface area contributed by atoms with Crippen LogP contribution in [0.5, 0.6) is 0 Å². The van der Waals surface area contributed by atoms with E-state index < -0.39 is 0 Å². The van der Waals surface area contributed by atoms with Gasteiger partial charge in [-0.3, -0.25) is 9.59 Å². The third kappa shape index (κ3) is 2.25. The summed E-state index contributed by atoms with van der Waals surface area (Å²) in [5.41, 5.74) is 0.588. The predicted octanol–water partition coefficient (Wildman–Crippen LogP) is 0.624. The van der Waals surface area contributed by atoms with Gasteiger partial charge in [-0.2, -0.15) is 0 Å². The zero-order valence-electron chi connectivity index (χ0n) is 14.0. The lowest BCUT2D eigenvalue weighted by Crippen LogP contribution is -2.51. The molecule has 4 atom stereocenters. The third-order valence-corrected chi connectivity index (χ3v) is 6.46. The molecule has 4 aliphatic rings. The van der Waals surface area contributed by atoms with Crippen LogP contribution in [0.1, 0.15) is 35.4 Å². The molecule has 5 rings (SSSR count). The van der Waals surface area contributed by atoms with Crippen LogP contribution in [0.3, 0.4) is 0 Å². The van der Waals surface area contributed by atoms with Crippen molar-refractivity contribution in [2.45, 2.75) is 38.0 Å². The van der Waals surface area contributed by atoms with Crippen molar-refractivity contribution in [2.75, 3.05) is 26.3 Å². The Bertz CT molecular complexity index is 723. The van der Waals surface area contributed by atoms with Gasteiger partial charge in [-0.05, 0) is 25.3 Å². The number of furan rings is 1. The number of aliphatic hydroxyl groups is 1. The van der Waals surface area contributed by atoms with E-state index in [2.05, 4.69) is 0 Å². The summed E-state index contributed by atoms with van der Waals surface area (Å²) in [7, 11) is 0. The minimum absolute atomic E-state index is 0.0739. The summed E-state index contributed by atoms with van der Waals surface area (Å²) in [5.74, 6) is 0.702. The van der Waals surface area contributed by atoms with E-state index in [1.165, 1.54) is 6.26 Å². The highest BCUT2D eigenvalue weighted by Gasteiger charge is 2.62. The molecule has 1 aromatic heterocycles. The van der Waals surface area contributed by atoms with E-state index in [4.69, 9.17) is 14.3 Å². The van der Waals surface area contributed by atoms with E-state index in [1.807, 2.05) is 9.80 Å². The first-order valence-corrected chi connectivity index (χ1v) is 8.99. The second-order valence-corrected chi connectivity index (χ2v) is 7.87. The summed E-state index contributed by atoms with van der Waals surface area (Å²) in [4.78, 5) is 29.4. The Hall–Kier alpha value is -1.86. The average molecular weight is 346 g/mol. The number of likely N-dealkylation sites (tertiary alicyclic amines) is 2. The average Bonchev–Trinajstić information content (AvgIpc) is 3.16. The molecule has 2 unspecified atom stereocenters. The van der Waals surface area contributed by atoms with E-state index >= 15 is 0 Å². The zero-order chi connectivity index (χ0) is 17.2. The minimum atomic E-state index is -0.214. The van der Waals surface area contributed by atoms with E-state index in [-0.39, 0.29) is 41.8 Å². The highest BCUT2D eigenvalue weighted by atomic mass is 16.5. The Kier molecular flexibility index (Phi) is 3.27. The number of nitrogens with zero attached hydrogens (tertiary/aromatic N) is 2. The molecule has 2 bridgehead atoms. The molecule has 3 aliphatic heterocycles. The monoisotopic (exact) mass is 346 g/mol. The van der Waals surface area contributed by atoms with Gasteiger partial charge in [0, 0.05) is 31.0 Å². The van der Waals surface area contributed by atoms with Crippen LogP contribution in [-0.2, 0) is 16.1 Å². The normalized spacial score (nSPS) is 35.8. The highest BCUT2D eigenvalue weighted by molar-refractivity contribution is 5.95. The van der Waals surface area contributed by atoms with Crippen LogP contribution in [0.2, 0.25) is 0 Å². The number of hydrogen-bond acceptors (Lipinski definition) is 5. The first-order chi connectivity index (χ1) is 12.1. The number of amides is 2. The Balaban J connectivity index is 1.24. The molecule has 0 aromatic carbocycles. The van der Waals surface area contributed by atoms with Crippen molar-refractivity contribution >= 4 is 11.8 Å². The fourth-order valence-corrected chi connectivity index (χ4v) is 4.88. The van der Waals surface area contributed by atoms with E-state index in [1.54, 1.807) is 6.07 Å². The van der Waals surface area contributed by atoms with Crippen molar-refractivity contribution in [3.8, 4) is 0 Å². The summed E-state index contributed by atoms with van der Waals surface area (Å²) in [6, 6.07) is 1.81. The lowest BCUT2D eigenvalue weighted by molar-refractivity contribution is -0.135. The topological polar surface area (TPSA) is 83.2 Å². The summed E-state index contributed by atoms with van der Waals surface area (Å²) in [6.07, 6.45) is 4.22. The molecule has 134 valence electrons. The quantitative estimate of drug-likeness (QED) is 0.868. The minimum Gasteiger partial charge on any atom is -0.466 e. The number of aliphatic hydroxyl groups excluding tert-OH is 1. The van der Waals surface area contributed by atoms with Crippen LogP contribution in [0.25, 0.3) is 0 Å². The first kappa shape index (κ1) is 15.4. The molecule has 2 amide bonds. The Labute approximate surface area is 145 Å². The number of carbonyl (C=O) groups is 2. The van der Waals surface area contributed by atoms with Gasteiger partial charge in [-0.1, -0.05) is 0 Å². The van der Waals surface area contributed by atoms with Crippen molar-refractivity contribution in [3.63, 3.8) is 0 Å². The fourth-order valence-electron chi connectivity index (χ4n) is 4.88. The second kappa shape index (κ2) is 5.32. The smallest absolute Gasteiger partial charge is 0.257 e. The number of rotatable bonds is 3. The summed E-state index contributed by atoms with van der Waals surface area (Å²) >= 11 is 0. The number of ether oxygens (including phenoxy) is 1. The third-order valence-electron chi connectivity index (χ3n) is 6.46. The van der Waals surface area contributed by atoms with Crippen LogP contribution >= 0.6 is 0 Å². The fraction of sp³-hybridized carbons (Fsp3) is 0.667. The van der Waals surface area contributed by atoms with Crippen molar-refractivity contribution in [2.24, 2.45) is 11.3 Å². The largest absolute Gasteiger partial charge is 0.466 e. The van der Waals surface area contributed by atoms with Crippen molar-refractivity contribution < 1.29 is 23.8 Å². The lowest BCUT2D eigenvalue weighted by Gasteiger charge is -2.34. The molecule has 4 heterocycles. The number of piperazine rings is 1. The van der Waals surface area contributed by atoms with Gasteiger partial charge in [0.2, 0.25) is 5.91 Å². The number of carbonyl (C=O) groups excluding carboxylic acids is 2. The second-order valence-electron chi connectivity index (χ2n) is 7.87. The maximum atomic E-state index is 12.9. The van der Waals surface area contributed by atoms with Gasteiger partial charge < -0.3 is 24.1 Å². The van der Waals surface area contributed by atoms with Gasteiger partial charge in [0.25, 0.3) is 5.91 Å². The van der Waals surface area contributed by atoms with Crippen molar-refractivity contribution in [1.82, 2.24) is 9.80 Å². The molecule has 3 saturated heterocycles. The maximum absolute atomic E-state index is 12.9. The van der Waals surface area contributed by atoms with Crippen molar-refractivity contribution in [1.29, 1.82) is 0 Å². The summed E-state index contributed by atoms with van der Waals surface area (Å²) in [6.45, 7) is 2.51. The molecule has 1 aromatic rings. The van der Waals surface area contributed by atoms with Crippen LogP contribution in [-0.4, -0.2) is 65.1 Å². The number of hydrogen-bond donors (Lipinski definition) is 1. The van der Waals surface area contributed by atoms with E-state index in [9.17, 15) is 9.59 Å². The maximum Gasteiger partial charge on any atom is 0.257 e. The Morgan fingerprint density at radius 2 is 2.08 bits per heavy atom. The molecule has 1 aliphatic carbocycles. The Morgan fingerprint density at radius 1 is 1.28 bits per heavy atom. The van der Waals surface area contributed by atoms with Gasteiger partial charge in [0.05, 0.1) is 24.3 Å². The zero-order valence-corrected chi connectivity index (χ0v) is 14.0. The summed E-state index contributed by atoms with van der Waals surface area (Å²) < 4.78 is 10.6. The van der Waals surface area contributed by atoms with Crippen LogP contribution < -0.4 is 0 Å². The molecule has 4 fully saturated rings. The highest BCUT2D eigenvalue weighted by Crippen LogP contribution is 2.59. The van der Waals surface area contributed by atoms with Gasteiger partial charge in [-0.25, -0.2) is 0 Å². The molecule has 0 radical (unpaired) electrons. The predicted molar refractivity (Wildman–Crippen MR) is 85.5 cm³/mol. The van der Waals surface area contributed by atoms with Crippen LogP contribution in [0.4, 0.5) is 0 Å². The Morgan fingerprint density at radius 3 is 2.72 bits per heavy atom. The van der Waals surface area contributed by atoms with Crippen LogP contribution in [0.15, 0.2) is 16.7 Å². The van der Waals surface area contributed by atoms with E-state index in [0.717, 1.165) is 32.5 Å². The van der Waals surface area contributed by atoms with Gasteiger partial charge in [0.15, 0.2) is 0 Å². The van der Waals surface area contributed by atoms with Crippen molar-refractivity contribution in [3.05, 3.63) is 23.7 Å². The molecular weight excluding hydrogens is 324 g/mol. The summed E-state index contributed by atoms with van der Waals surface area (Å²) in [5, 5.41) is 9.07. The molecule has 1 N–H and O–H groups in total. The lowest BCUT2D eigenvalue weighted by atomic mass is 10.0. The SMILES string of the molecule is O=C(c1coc(CO)c1)N1C[C@@H]2C[C@H]1CN2C(=O)C1CC12CCOC2. The molecule has 7 nitrogen and oxygen atoms in total.